The van der Waals surface area contributed by atoms with Gasteiger partial charge in [0.2, 0.25) is 0 Å². The highest BCUT2D eigenvalue weighted by Crippen LogP contribution is 2.32. The molecule has 6 nitrogen and oxygen atoms in total. The van der Waals surface area contributed by atoms with E-state index in [-0.39, 0.29) is 0 Å². The second-order valence-corrected chi connectivity index (χ2v) is 8.28. The van der Waals surface area contributed by atoms with Crippen molar-refractivity contribution < 1.29 is 19.0 Å². The highest BCUT2D eigenvalue weighted by atomic mass is 79.9. The largest absolute Gasteiger partial charge is 0.496 e. The van der Waals surface area contributed by atoms with Gasteiger partial charge in [-0.25, -0.2) is 4.98 Å². The maximum Gasteiger partial charge on any atom is 0.321 e. The van der Waals surface area contributed by atoms with Crippen LogP contribution in [0.2, 0.25) is 0 Å². The molecule has 0 aliphatic carbocycles. The number of aromatic nitrogens is 1. The van der Waals surface area contributed by atoms with Crippen LogP contribution in [-0.2, 0) is 4.79 Å². The van der Waals surface area contributed by atoms with Crippen LogP contribution in [0.5, 0.6) is 17.2 Å². The number of carbonyl (C=O) groups excluding carboxylic acids is 1. The van der Waals surface area contributed by atoms with Crippen LogP contribution in [0.25, 0.3) is 11.3 Å². The van der Waals surface area contributed by atoms with E-state index < -0.39 is 12.2 Å². The first kappa shape index (κ1) is 21.9. The van der Waals surface area contributed by atoms with Crippen molar-refractivity contribution in [1.82, 2.24) is 4.98 Å². The predicted octanol–water partition coefficient (Wildman–Crippen LogP) is 6.00. The van der Waals surface area contributed by atoms with E-state index in [1.807, 2.05) is 60.0 Å². The van der Waals surface area contributed by atoms with Gasteiger partial charge in [0.25, 0.3) is 0 Å². The van der Waals surface area contributed by atoms with E-state index in [0.29, 0.717) is 16.6 Å². The molecule has 1 heterocycles. The molecule has 0 bridgehead atoms. The third-order valence-electron chi connectivity index (χ3n) is 4.37. The topological polar surface area (TPSA) is 69.7 Å². The molecule has 0 fully saturated rings. The number of rotatable bonds is 8. The van der Waals surface area contributed by atoms with Gasteiger partial charge in [-0.3, -0.25) is 10.1 Å². The number of ether oxygens (including phenoxy) is 3. The summed E-state index contributed by atoms with van der Waals surface area (Å²) in [5, 5.41) is 5.10. The lowest BCUT2D eigenvalue weighted by Gasteiger charge is -2.19. The Bertz CT molecular complexity index is 1140. The zero-order valence-corrected chi connectivity index (χ0v) is 19.4. The van der Waals surface area contributed by atoms with Gasteiger partial charge in [0.05, 0.1) is 17.3 Å². The quantitative estimate of drug-likeness (QED) is 0.294. The standard InChI is InChI=1S/C24H19BrN2O4S/c1-29-21-13-12-16(14-19(21)25)20-15-32-24(26-20)27-22(28)23(30-17-8-4-2-5-9-17)31-18-10-6-3-7-11-18/h2-15,23H,1H3,(H,26,27,28). The van der Waals surface area contributed by atoms with Crippen LogP contribution in [0.15, 0.2) is 88.7 Å². The van der Waals surface area contributed by atoms with Crippen LogP contribution in [-0.4, -0.2) is 24.3 Å². The van der Waals surface area contributed by atoms with Crippen molar-refractivity contribution in [2.45, 2.75) is 6.29 Å². The predicted molar refractivity (Wildman–Crippen MR) is 128 cm³/mol. The molecule has 32 heavy (non-hydrogen) atoms. The van der Waals surface area contributed by atoms with E-state index in [2.05, 4.69) is 26.2 Å². The van der Waals surface area contributed by atoms with Crippen LogP contribution in [0.3, 0.4) is 0 Å². The number of hydrogen-bond donors (Lipinski definition) is 1. The van der Waals surface area contributed by atoms with Crippen molar-refractivity contribution in [3.8, 4) is 28.5 Å². The molecular weight excluding hydrogens is 492 g/mol. The summed E-state index contributed by atoms with van der Waals surface area (Å²) >= 11 is 4.80. The number of carbonyl (C=O) groups is 1. The number of benzene rings is 3. The average molecular weight is 511 g/mol. The fraction of sp³-hybridized carbons (Fsp3) is 0.0833. The van der Waals surface area contributed by atoms with Crippen LogP contribution < -0.4 is 19.5 Å². The minimum Gasteiger partial charge on any atom is -0.496 e. The lowest BCUT2D eigenvalue weighted by Crippen LogP contribution is -2.38. The Kier molecular flexibility index (Phi) is 7.03. The molecule has 4 aromatic rings. The van der Waals surface area contributed by atoms with Gasteiger partial charge in [0, 0.05) is 10.9 Å². The van der Waals surface area contributed by atoms with Crippen molar-refractivity contribution in [3.05, 3.63) is 88.7 Å². The molecule has 1 N–H and O–H groups in total. The van der Waals surface area contributed by atoms with Crippen LogP contribution in [0, 0.1) is 0 Å². The average Bonchev–Trinajstić information content (AvgIpc) is 3.28. The Balaban J connectivity index is 1.51. The number of para-hydroxylation sites is 2. The van der Waals surface area contributed by atoms with Crippen molar-refractivity contribution in [3.63, 3.8) is 0 Å². The Labute approximate surface area is 197 Å². The molecule has 0 aliphatic rings. The number of nitrogens with one attached hydrogen (secondary N) is 1. The summed E-state index contributed by atoms with van der Waals surface area (Å²) in [6.07, 6.45) is -1.19. The SMILES string of the molecule is COc1ccc(-c2csc(NC(=O)C(Oc3ccccc3)Oc3ccccc3)n2)cc1Br. The molecule has 162 valence electrons. The molecule has 0 aliphatic heterocycles. The molecule has 8 heteroatoms. The summed E-state index contributed by atoms with van der Waals surface area (Å²) in [6, 6.07) is 23.8. The molecule has 0 saturated carbocycles. The monoisotopic (exact) mass is 510 g/mol. The summed E-state index contributed by atoms with van der Waals surface area (Å²) in [6.45, 7) is 0. The van der Waals surface area contributed by atoms with Crippen molar-refractivity contribution >= 4 is 38.3 Å². The first-order valence-electron chi connectivity index (χ1n) is 9.66. The second-order valence-electron chi connectivity index (χ2n) is 6.57. The lowest BCUT2D eigenvalue weighted by molar-refractivity contribution is -0.134. The van der Waals surface area contributed by atoms with Crippen molar-refractivity contribution in [1.29, 1.82) is 0 Å². The van der Waals surface area contributed by atoms with Crippen LogP contribution >= 0.6 is 27.3 Å². The Hall–Kier alpha value is -3.36. The molecule has 1 aromatic heterocycles. The summed E-state index contributed by atoms with van der Waals surface area (Å²) in [5.74, 6) is 1.31. The van der Waals surface area contributed by atoms with Crippen molar-refractivity contribution in [2.75, 3.05) is 12.4 Å². The van der Waals surface area contributed by atoms with E-state index in [0.717, 1.165) is 21.5 Å². The van der Waals surface area contributed by atoms with E-state index in [9.17, 15) is 4.79 Å². The number of hydrogen-bond acceptors (Lipinski definition) is 6. The zero-order chi connectivity index (χ0) is 22.3. The van der Waals surface area contributed by atoms with Gasteiger partial charge in [-0.1, -0.05) is 36.4 Å². The third-order valence-corrected chi connectivity index (χ3v) is 5.75. The van der Waals surface area contributed by atoms with Gasteiger partial charge < -0.3 is 14.2 Å². The molecule has 3 aromatic carbocycles. The minimum atomic E-state index is -1.19. The van der Waals surface area contributed by atoms with Gasteiger partial charge in [-0.15, -0.1) is 11.3 Å². The minimum absolute atomic E-state index is 0.440. The molecule has 0 spiro atoms. The molecule has 0 unspecified atom stereocenters. The van der Waals surface area contributed by atoms with Gasteiger partial charge >= 0.3 is 12.2 Å². The fourth-order valence-corrected chi connectivity index (χ4v) is 4.09. The van der Waals surface area contributed by atoms with Crippen LogP contribution in [0.1, 0.15) is 0 Å². The van der Waals surface area contributed by atoms with Crippen LogP contribution in [0.4, 0.5) is 5.13 Å². The normalized spacial score (nSPS) is 10.6. The number of amides is 1. The van der Waals surface area contributed by atoms with E-state index >= 15 is 0 Å². The lowest BCUT2D eigenvalue weighted by atomic mass is 10.2. The zero-order valence-electron chi connectivity index (χ0n) is 17.0. The highest BCUT2D eigenvalue weighted by Gasteiger charge is 2.24. The Morgan fingerprint density at radius 2 is 1.59 bits per heavy atom. The first-order chi connectivity index (χ1) is 15.6. The van der Waals surface area contributed by atoms with Gasteiger partial charge in [-0.2, -0.15) is 0 Å². The Morgan fingerprint density at radius 1 is 0.969 bits per heavy atom. The molecular formula is C24H19BrN2O4S. The molecule has 0 radical (unpaired) electrons. The van der Waals surface area contributed by atoms with E-state index in [1.54, 1.807) is 31.4 Å². The molecule has 4 rings (SSSR count). The molecule has 0 atom stereocenters. The summed E-state index contributed by atoms with van der Waals surface area (Å²) < 4.78 is 17.7. The Morgan fingerprint density at radius 3 is 2.16 bits per heavy atom. The molecule has 1 amide bonds. The van der Waals surface area contributed by atoms with E-state index in [1.165, 1.54) is 11.3 Å². The third kappa shape index (κ3) is 5.46. The fourth-order valence-electron chi connectivity index (χ4n) is 2.83. The number of nitrogens with zero attached hydrogens (tertiary/aromatic N) is 1. The summed E-state index contributed by atoms with van der Waals surface area (Å²) in [5.41, 5.74) is 1.63. The smallest absolute Gasteiger partial charge is 0.321 e. The van der Waals surface area contributed by atoms with Gasteiger partial charge in [0.1, 0.15) is 17.2 Å². The number of methoxy groups -OCH3 is 1. The van der Waals surface area contributed by atoms with Crippen molar-refractivity contribution in [2.24, 2.45) is 0 Å². The summed E-state index contributed by atoms with van der Waals surface area (Å²) in [7, 11) is 1.61. The number of thiazole rings is 1. The number of anilines is 1. The maximum absolute atomic E-state index is 13.0. The van der Waals surface area contributed by atoms with Gasteiger partial charge in [0.15, 0.2) is 5.13 Å². The second kappa shape index (κ2) is 10.3. The number of halogens is 1. The first-order valence-corrected chi connectivity index (χ1v) is 11.3. The van der Waals surface area contributed by atoms with Gasteiger partial charge in [-0.05, 0) is 58.4 Å². The highest BCUT2D eigenvalue weighted by molar-refractivity contribution is 9.10. The molecule has 0 saturated heterocycles. The summed E-state index contributed by atoms with van der Waals surface area (Å²) in [4.78, 5) is 17.5. The maximum atomic E-state index is 13.0. The van der Waals surface area contributed by atoms with E-state index in [4.69, 9.17) is 14.2 Å².